The number of carbonyl (C=O) groups excluding carboxylic acids is 1. The van der Waals surface area contributed by atoms with E-state index in [0.717, 1.165) is 0 Å². The normalized spacial score (nSPS) is 22.6. The van der Waals surface area contributed by atoms with Gasteiger partial charge in [0.05, 0.1) is 17.9 Å². The lowest BCUT2D eigenvalue weighted by Crippen LogP contribution is -2.33. The van der Waals surface area contributed by atoms with Crippen LogP contribution >= 0.6 is 0 Å². The van der Waals surface area contributed by atoms with E-state index in [9.17, 15) is 9.90 Å². The zero-order valence-corrected chi connectivity index (χ0v) is 11.3. The lowest BCUT2D eigenvalue weighted by Gasteiger charge is -2.19. The minimum absolute atomic E-state index is 0.104. The van der Waals surface area contributed by atoms with E-state index in [2.05, 4.69) is 0 Å². The molecule has 2 rings (SSSR count). The maximum atomic E-state index is 12.3. The Morgan fingerprint density at radius 3 is 2.84 bits per heavy atom. The molecule has 5 nitrogen and oxygen atoms in total. The van der Waals surface area contributed by atoms with Gasteiger partial charge in [0.15, 0.2) is 0 Å². The standard InChI is InChI=1S/C14H20N2O3/c1-3-19-12-5-4-10(8-11(12)15)13(17)16-7-6-14(2,18)9-16/h4-5,8,18H,3,6-7,9,15H2,1-2H3. The van der Waals surface area contributed by atoms with Gasteiger partial charge in [-0.15, -0.1) is 0 Å². The van der Waals surface area contributed by atoms with Crippen LogP contribution in [0.1, 0.15) is 30.6 Å². The Kier molecular flexibility index (Phi) is 3.66. The molecule has 1 saturated heterocycles. The van der Waals surface area contributed by atoms with Gasteiger partial charge in [0.1, 0.15) is 5.75 Å². The van der Waals surface area contributed by atoms with Crippen LogP contribution in [0, 0.1) is 0 Å². The number of nitrogens with zero attached hydrogens (tertiary/aromatic N) is 1. The lowest BCUT2D eigenvalue weighted by molar-refractivity contribution is 0.0572. The molecule has 0 saturated carbocycles. The number of benzene rings is 1. The predicted octanol–water partition coefficient (Wildman–Crippen LogP) is 1.26. The monoisotopic (exact) mass is 264 g/mol. The van der Waals surface area contributed by atoms with Crippen LogP contribution in [0.2, 0.25) is 0 Å². The summed E-state index contributed by atoms with van der Waals surface area (Å²) >= 11 is 0. The van der Waals surface area contributed by atoms with Gasteiger partial charge in [0, 0.05) is 18.7 Å². The Balaban J connectivity index is 2.14. The molecule has 3 N–H and O–H groups in total. The third-order valence-corrected chi connectivity index (χ3v) is 3.30. The molecule has 104 valence electrons. The van der Waals surface area contributed by atoms with Crippen molar-refractivity contribution in [3.05, 3.63) is 23.8 Å². The number of rotatable bonds is 3. The Hall–Kier alpha value is -1.75. The van der Waals surface area contributed by atoms with Crippen LogP contribution in [0.3, 0.4) is 0 Å². The maximum absolute atomic E-state index is 12.3. The number of β-amino-alcohol motifs (C(OH)–C–C–N with tert-alkyl or cyclic N) is 1. The summed E-state index contributed by atoms with van der Waals surface area (Å²) in [5.41, 5.74) is 6.05. The summed E-state index contributed by atoms with van der Waals surface area (Å²) in [5.74, 6) is 0.486. The first kappa shape index (κ1) is 13.7. The average molecular weight is 264 g/mol. The van der Waals surface area contributed by atoms with Gasteiger partial charge in [0.2, 0.25) is 0 Å². The first-order valence-corrected chi connectivity index (χ1v) is 6.47. The summed E-state index contributed by atoms with van der Waals surface area (Å²) in [6, 6.07) is 5.04. The van der Waals surface area contributed by atoms with E-state index in [1.165, 1.54) is 0 Å². The molecule has 19 heavy (non-hydrogen) atoms. The number of hydrogen-bond donors (Lipinski definition) is 2. The number of ether oxygens (including phenoxy) is 1. The molecule has 1 aliphatic rings. The van der Waals surface area contributed by atoms with Crippen LogP contribution in [0.5, 0.6) is 5.75 Å². The molecular weight excluding hydrogens is 244 g/mol. The van der Waals surface area contributed by atoms with Gasteiger partial charge < -0.3 is 20.5 Å². The van der Waals surface area contributed by atoms with Crippen molar-refractivity contribution < 1.29 is 14.6 Å². The fraction of sp³-hybridized carbons (Fsp3) is 0.500. The molecule has 0 radical (unpaired) electrons. The van der Waals surface area contributed by atoms with Crippen molar-refractivity contribution in [1.82, 2.24) is 4.90 Å². The third-order valence-electron chi connectivity index (χ3n) is 3.30. The van der Waals surface area contributed by atoms with E-state index in [0.29, 0.717) is 43.1 Å². The number of carbonyl (C=O) groups is 1. The molecule has 0 aliphatic carbocycles. The summed E-state index contributed by atoms with van der Waals surface area (Å²) < 4.78 is 5.34. The van der Waals surface area contributed by atoms with E-state index >= 15 is 0 Å². The first-order chi connectivity index (χ1) is 8.93. The van der Waals surface area contributed by atoms with Gasteiger partial charge in [-0.1, -0.05) is 0 Å². The second kappa shape index (κ2) is 5.09. The smallest absolute Gasteiger partial charge is 0.254 e. The van der Waals surface area contributed by atoms with Crippen molar-refractivity contribution in [2.24, 2.45) is 0 Å². The second-order valence-corrected chi connectivity index (χ2v) is 5.16. The van der Waals surface area contributed by atoms with Gasteiger partial charge >= 0.3 is 0 Å². The Morgan fingerprint density at radius 1 is 1.58 bits per heavy atom. The predicted molar refractivity (Wildman–Crippen MR) is 73.2 cm³/mol. The van der Waals surface area contributed by atoms with Crippen LogP contribution in [0.25, 0.3) is 0 Å². The van der Waals surface area contributed by atoms with Crippen molar-refractivity contribution >= 4 is 11.6 Å². The lowest BCUT2D eigenvalue weighted by atomic mass is 10.1. The zero-order chi connectivity index (χ0) is 14.0. The average Bonchev–Trinajstić information content (AvgIpc) is 2.71. The summed E-state index contributed by atoms with van der Waals surface area (Å²) in [4.78, 5) is 13.9. The van der Waals surface area contributed by atoms with Crippen molar-refractivity contribution in [2.75, 3.05) is 25.4 Å². The Labute approximate surface area is 113 Å². The van der Waals surface area contributed by atoms with E-state index in [1.807, 2.05) is 6.92 Å². The van der Waals surface area contributed by atoms with Crippen molar-refractivity contribution in [3.63, 3.8) is 0 Å². The van der Waals surface area contributed by atoms with Gasteiger partial charge in [0.25, 0.3) is 5.91 Å². The molecule has 1 fully saturated rings. The van der Waals surface area contributed by atoms with Crippen molar-refractivity contribution in [1.29, 1.82) is 0 Å². The summed E-state index contributed by atoms with van der Waals surface area (Å²) in [6.07, 6.45) is 0.602. The van der Waals surface area contributed by atoms with Crippen molar-refractivity contribution in [3.8, 4) is 5.75 Å². The molecule has 5 heteroatoms. The van der Waals surface area contributed by atoms with E-state index in [1.54, 1.807) is 30.0 Å². The SMILES string of the molecule is CCOc1ccc(C(=O)N2CCC(C)(O)C2)cc1N. The number of aliphatic hydroxyl groups is 1. The third kappa shape index (κ3) is 2.98. The highest BCUT2D eigenvalue weighted by Gasteiger charge is 2.34. The minimum Gasteiger partial charge on any atom is -0.492 e. The molecule has 0 bridgehead atoms. The quantitative estimate of drug-likeness (QED) is 0.806. The molecule has 0 aromatic heterocycles. The highest BCUT2D eigenvalue weighted by molar-refractivity contribution is 5.95. The number of hydrogen-bond acceptors (Lipinski definition) is 4. The van der Waals surface area contributed by atoms with Crippen LogP contribution in [0.4, 0.5) is 5.69 Å². The minimum atomic E-state index is -0.785. The fourth-order valence-corrected chi connectivity index (χ4v) is 2.27. The number of anilines is 1. The molecule has 1 aliphatic heterocycles. The van der Waals surface area contributed by atoms with Crippen molar-refractivity contribution in [2.45, 2.75) is 25.9 Å². The summed E-state index contributed by atoms with van der Waals surface area (Å²) in [6.45, 7) is 5.09. The molecule has 1 aromatic carbocycles. The number of nitrogens with two attached hydrogens (primary N) is 1. The first-order valence-electron chi connectivity index (χ1n) is 6.47. The maximum Gasteiger partial charge on any atom is 0.254 e. The largest absolute Gasteiger partial charge is 0.492 e. The fourth-order valence-electron chi connectivity index (χ4n) is 2.27. The number of nitrogen functional groups attached to an aromatic ring is 1. The van der Waals surface area contributed by atoms with E-state index in [-0.39, 0.29) is 5.91 Å². The van der Waals surface area contributed by atoms with E-state index in [4.69, 9.17) is 10.5 Å². The second-order valence-electron chi connectivity index (χ2n) is 5.16. The highest BCUT2D eigenvalue weighted by atomic mass is 16.5. The molecule has 1 amide bonds. The number of amides is 1. The van der Waals surface area contributed by atoms with Gasteiger partial charge in [-0.05, 0) is 38.5 Å². The van der Waals surface area contributed by atoms with Gasteiger partial charge in [-0.2, -0.15) is 0 Å². The summed E-state index contributed by atoms with van der Waals surface area (Å²) in [5, 5.41) is 9.89. The molecule has 1 unspecified atom stereocenters. The molecule has 0 spiro atoms. The molecular formula is C14H20N2O3. The van der Waals surface area contributed by atoms with Crippen LogP contribution in [-0.4, -0.2) is 41.2 Å². The van der Waals surface area contributed by atoms with E-state index < -0.39 is 5.60 Å². The topological polar surface area (TPSA) is 75.8 Å². The Morgan fingerprint density at radius 2 is 2.32 bits per heavy atom. The number of likely N-dealkylation sites (tertiary alicyclic amines) is 1. The summed E-state index contributed by atoms with van der Waals surface area (Å²) in [7, 11) is 0. The Bertz CT molecular complexity index is 486. The zero-order valence-electron chi connectivity index (χ0n) is 11.3. The highest BCUT2D eigenvalue weighted by Crippen LogP contribution is 2.26. The van der Waals surface area contributed by atoms with Crippen LogP contribution in [0.15, 0.2) is 18.2 Å². The molecule has 1 atom stereocenters. The molecule has 1 heterocycles. The van der Waals surface area contributed by atoms with Gasteiger partial charge in [-0.25, -0.2) is 0 Å². The molecule has 1 aromatic rings. The van der Waals surface area contributed by atoms with Crippen LogP contribution < -0.4 is 10.5 Å². The van der Waals surface area contributed by atoms with Crippen LogP contribution in [-0.2, 0) is 0 Å². The van der Waals surface area contributed by atoms with Gasteiger partial charge in [-0.3, -0.25) is 4.79 Å².